The van der Waals surface area contributed by atoms with Crippen LogP contribution >= 0.6 is 0 Å². The summed E-state index contributed by atoms with van der Waals surface area (Å²) in [5.41, 5.74) is -0.122. The Bertz CT molecular complexity index is 1260. The first-order chi connectivity index (χ1) is 18.7. The van der Waals surface area contributed by atoms with Crippen LogP contribution in [0.5, 0.6) is 5.75 Å². The van der Waals surface area contributed by atoms with E-state index in [1.54, 1.807) is 29.4 Å². The second-order valence-electron chi connectivity index (χ2n) is 9.54. The summed E-state index contributed by atoms with van der Waals surface area (Å²) in [5.74, 6) is -0.233. The highest BCUT2D eigenvalue weighted by molar-refractivity contribution is 6.09. The van der Waals surface area contributed by atoms with Gasteiger partial charge in [0.15, 0.2) is 0 Å². The number of amides is 2. The van der Waals surface area contributed by atoms with Gasteiger partial charge in [0.2, 0.25) is 5.91 Å². The van der Waals surface area contributed by atoms with Crippen molar-refractivity contribution in [3.63, 3.8) is 0 Å². The maximum absolute atomic E-state index is 13.9. The van der Waals surface area contributed by atoms with Gasteiger partial charge < -0.3 is 14.5 Å². The van der Waals surface area contributed by atoms with E-state index in [4.69, 9.17) is 4.74 Å². The van der Waals surface area contributed by atoms with Gasteiger partial charge in [-0.2, -0.15) is 13.2 Å². The first-order valence-corrected chi connectivity index (χ1v) is 12.7. The van der Waals surface area contributed by atoms with Gasteiger partial charge >= 0.3 is 6.18 Å². The molecule has 1 fully saturated rings. The zero-order valence-electron chi connectivity index (χ0n) is 21.9. The van der Waals surface area contributed by atoms with Gasteiger partial charge in [-0.3, -0.25) is 19.5 Å². The average molecular weight is 541 g/mol. The van der Waals surface area contributed by atoms with E-state index in [0.29, 0.717) is 24.8 Å². The SMILES string of the molecule is COc1ccc(C(=O)N(CC(=O)N2CCC(CN(C)c3ccncc3)CC2)c2ccccc2C(F)(F)F)cc1. The second kappa shape index (κ2) is 12.2. The fourth-order valence-corrected chi connectivity index (χ4v) is 4.80. The number of aromatic nitrogens is 1. The number of benzene rings is 2. The molecule has 3 aromatic rings. The monoisotopic (exact) mass is 540 g/mol. The van der Waals surface area contributed by atoms with Crippen molar-refractivity contribution in [2.24, 2.45) is 5.92 Å². The molecule has 7 nitrogen and oxygen atoms in total. The fraction of sp³-hybridized carbons (Fsp3) is 0.345. The molecule has 0 atom stereocenters. The van der Waals surface area contributed by atoms with Crippen LogP contribution in [-0.2, 0) is 11.0 Å². The summed E-state index contributed by atoms with van der Waals surface area (Å²) in [7, 11) is 3.48. The standard InChI is InChI=1S/C29H31F3N4O3/c1-34(23-11-15-33-16-12-23)19-21-13-17-35(18-14-21)27(37)20-36(26-6-4-3-5-25(26)29(30,31)32)28(38)22-7-9-24(39-2)10-8-22/h3-12,15-16,21H,13-14,17-20H2,1-2H3. The lowest BCUT2D eigenvalue weighted by molar-refractivity contribution is -0.137. The third kappa shape index (κ3) is 6.87. The summed E-state index contributed by atoms with van der Waals surface area (Å²) in [4.78, 5) is 35.6. The molecule has 1 saturated heterocycles. The molecular weight excluding hydrogens is 509 g/mol. The van der Waals surface area contributed by atoms with E-state index < -0.39 is 30.1 Å². The van der Waals surface area contributed by atoms with Crippen LogP contribution in [0.15, 0.2) is 73.1 Å². The number of hydrogen-bond donors (Lipinski definition) is 0. The molecule has 2 amide bonds. The smallest absolute Gasteiger partial charge is 0.418 e. The van der Waals surface area contributed by atoms with Crippen LogP contribution in [0, 0.1) is 5.92 Å². The van der Waals surface area contributed by atoms with Gasteiger partial charge in [0.05, 0.1) is 18.4 Å². The van der Waals surface area contributed by atoms with E-state index in [0.717, 1.165) is 36.0 Å². The number of para-hydroxylation sites is 1. The number of piperidine rings is 1. The van der Waals surface area contributed by atoms with Gasteiger partial charge in [-0.15, -0.1) is 0 Å². The predicted octanol–water partition coefficient (Wildman–Crippen LogP) is 5.13. The first kappa shape index (κ1) is 27.9. The topological polar surface area (TPSA) is 66.0 Å². The minimum absolute atomic E-state index is 0.151. The molecule has 39 heavy (non-hydrogen) atoms. The van der Waals surface area contributed by atoms with Crippen LogP contribution in [0.25, 0.3) is 0 Å². The highest BCUT2D eigenvalue weighted by Gasteiger charge is 2.37. The minimum atomic E-state index is -4.70. The van der Waals surface area contributed by atoms with Crippen molar-refractivity contribution in [2.75, 3.05) is 50.1 Å². The molecular formula is C29H31F3N4O3. The van der Waals surface area contributed by atoms with Crippen molar-refractivity contribution in [3.8, 4) is 5.75 Å². The number of carbonyl (C=O) groups is 2. The van der Waals surface area contributed by atoms with Crippen LogP contribution in [0.2, 0.25) is 0 Å². The van der Waals surface area contributed by atoms with E-state index >= 15 is 0 Å². The Morgan fingerprint density at radius 1 is 1.00 bits per heavy atom. The van der Waals surface area contributed by atoms with Crippen molar-refractivity contribution in [3.05, 3.63) is 84.2 Å². The second-order valence-corrected chi connectivity index (χ2v) is 9.54. The van der Waals surface area contributed by atoms with Gasteiger partial charge in [-0.25, -0.2) is 0 Å². The Balaban J connectivity index is 1.49. The maximum Gasteiger partial charge on any atom is 0.418 e. The Morgan fingerprint density at radius 2 is 1.64 bits per heavy atom. The molecule has 0 saturated carbocycles. The van der Waals surface area contributed by atoms with E-state index in [9.17, 15) is 22.8 Å². The summed E-state index contributed by atoms with van der Waals surface area (Å²) >= 11 is 0. The van der Waals surface area contributed by atoms with Crippen molar-refractivity contribution in [1.29, 1.82) is 0 Å². The Labute approximate surface area is 225 Å². The van der Waals surface area contributed by atoms with E-state index in [-0.39, 0.29) is 11.3 Å². The molecule has 1 aliphatic rings. The third-order valence-corrected chi connectivity index (χ3v) is 6.98. The van der Waals surface area contributed by atoms with Crippen molar-refractivity contribution in [1.82, 2.24) is 9.88 Å². The van der Waals surface area contributed by atoms with Crippen molar-refractivity contribution < 1.29 is 27.5 Å². The molecule has 0 radical (unpaired) electrons. The Morgan fingerprint density at radius 3 is 2.26 bits per heavy atom. The van der Waals surface area contributed by atoms with Gasteiger partial charge in [-0.1, -0.05) is 12.1 Å². The summed E-state index contributed by atoms with van der Waals surface area (Å²) in [5, 5.41) is 0. The first-order valence-electron chi connectivity index (χ1n) is 12.7. The van der Waals surface area contributed by atoms with E-state index in [1.807, 2.05) is 19.2 Å². The lowest BCUT2D eigenvalue weighted by Gasteiger charge is -2.35. The zero-order chi connectivity index (χ0) is 28.0. The molecule has 0 bridgehead atoms. The Kier molecular flexibility index (Phi) is 8.73. The number of rotatable bonds is 8. The number of pyridine rings is 1. The van der Waals surface area contributed by atoms with Crippen molar-refractivity contribution in [2.45, 2.75) is 19.0 Å². The molecule has 0 unspecified atom stereocenters. The van der Waals surface area contributed by atoms with Crippen LogP contribution in [0.3, 0.4) is 0 Å². The summed E-state index contributed by atoms with van der Waals surface area (Å²) < 4.78 is 46.8. The molecule has 206 valence electrons. The molecule has 1 aliphatic heterocycles. The van der Waals surface area contributed by atoms with E-state index in [1.165, 1.54) is 37.4 Å². The molecule has 2 aromatic carbocycles. The van der Waals surface area contributed by atoms with Gasteiger partial charge in [0.25, 0.3) is 5.91 Å². The van der Waals surface area contributed by atoms with Gasteiger partial charge in [0, 0.05) is 50.3 Å². The van der Waals surface area contributed by atoms with Crippen LogP contribution in [0.4, 0.5) is 24.5 Å². The van der Waals surface area contributed by atoms with Crippen LogP contribution < -0.4 is 14.5 Å². The van der Waals surface area contributed by atoms with Gasteiger partial charge in [0.1, 0.15) is 12.3 Å². The van der Waals surface area contributed by atoms with Crippen molar-refractivity contribution >= 4 is 23.2 Å². The molecule has 10 heteroatoms. The lowest BCUT2D eigenvalue weighted by atomic mass is 9.96. The molecule has 1 aromatic heterocycles. The number of methoxy groups -OCH3 is 1. The summed E-state index contributed by atoms with van der Waals surface area (Å²) in [6.07, 6.45) is 0.294. The largest absolute Gasteiger partial charge is 0.497 e. The maximum atomic E-state index is 13.9. The number of likely N-dealkylation sites (tertiary alicyclic amines) is 1. The minimum Gasteiger partial charge on any atom is -0.497 e. The number of nitrogens with zero attached hydrogens (tertiary/aromatic N) is 4. The quantitative estimate of drug-likeness (QED) is 0.396. The number of carbonyl (C=O) groups excluding carboxylic acids is 2. The molecule has 2 heterocycles. The normalized spacial score (nSPS) is 14.1. The number of anilines is 2. The van der Waals surface area contributed by atoms with E-state index in [2.05, 4.69) is 9.88 Å². The lowest BCUT2D eigenvalue weighted by Crippen LogP contribution is -2.47. The predicted molar refractivity (Wildman–Crippen MR) is 143 cm³/mol. The van der Waals surface area contributed by atoms with Gasteiger partial charge in [-0.05, 0) is 67.3 Å². The highest BCUT2D eigenvalue weighted by Crippen LogP contribution is 2.37. The number of hydrogen-bond acceptors (Lipinski definition) is 5. The summed E-state index contributed by atoms with van der Waals surface area (Å²) in [6.45, 7) is 1.25. The zero-order valence-corrected chi connectivity index (χ0v) is 21.9. The molecule has 0 N–H and O–H groups in total. The third-order valence-electron chi connectivity index (χ3n) is 6.98. The fourth-order valence-electron chi connectivity index (χ4n) is 4.80. The molecule has 0 spiro atoms. The number of ether oxygens (including phenoxy) is 1. The number of alkyl halides is 3. The summed E-state index contributed by atoms with van der Waals surface area (Å²) in [6, 6.07) is 14.7. The number of halogens is 3. The average Bonchev–Trinajstić information content (AvgIpc) is 2.96. The van der Waals surface area contributed by atoms with Crippen LogP contribution in [0.1, 0.15) is 28.8 Å². The Hall–Kier alpha value is -4.08. The molecule has 0 aliphatic carbocycles. The molecule has 4 rings (SSSR count). The van der Waals surface area contributed by atoms with Crippen LogP contribution in [-0.4, -0.2) is 62.0 Å². The highest BCUT2D eigenvalue weighted by atomic mass is 19.4.